The third kappa shape index (κ3) is 3.28. The molecule has 0 saturated carbocycles. The van der Waals surface area contributed by atoms with E-state index in [2.05, 4.69) is 5.10 Å². The molecule has 2 amide bonds. The van der Waals surface area contributed by atoms with E-state index in [0.717, 1.165) is 22.7 Å². The fourth-order valence-electron chi connectivity index (χ4n) is 3.28. The van der Waals surface area contributed by atoms with Gasteiger partial charge in [0.25, 0.3) is 11.8 Å². The van der Waals surface area contributed by atoms with E-state index >= 15 is 0 Å². The predicted molar refractivity (Wildman–Crippen MR) is 95.7 cm³/mol. The molecule has 0 bridgehead atoms. The third-order valence-corrected chi connectivity index (χ3v) is 5.03. The van der Waals surface area contributed by atoms with Crippen molar-refractivity contribution in [3.05, 3.63) is 59.0 Å². The molecule has 2 heterocycles. The zero-order valence-electron chi connectivity index (χ0n) is 15.5. The van der Waals surface area contributed by atoms with Gasteiger partial charge in [-0.2, -0.15) is 18.3 Å². The van der Waals surface area contributed by atoms with Gasteiger partial charge in [0.1, 0.15) is 16.9 Å². The highest BCUT2D eigenvalue weighted by molar-refractivity contribution is 6.08. The van der Waals surface area contributed by atoms with Gasteiger partial charge in [0, 0.05) is 26.1 Å². The molecule has 1 atom stereocenters. The van der Waals surface area contributed by atoms with Crippen LogP contribution in [-0.4, -0.2) is 51.4 Å². The van der Waals surface area contributed by atoms with Crippen molar-refractivity contribution >= 4 is 17.9 Å². The fraction of sp³-hybridized carbons (Fsp3) is 0.316. The van der Waals surface area contributed by atoms with Crippen LogP contribution in [0.25, 0.3) is 6.08 Å². The van der Waals surface area contributed by atoms with Crippen LogP contribution in [0.2, 0.25) is 0 Å². The average molecular weight is 392 g/mol. The van der Waals surface area contributed by atoms with Crippen molar-refractivity contribution in [1.82, 2.24) is 20.0 Å². The predicted octanol–water partition coefficient (Wildman–Crippen LogP) is 2.70. The van der Waals surface area contributed by atoms with Crippen molar-refractivity contribution in [2.45, 2.75) is 25.1 Å². The summed E-state index contributed by atoms with van der Waals surface area (Å²) in [5.74, 6) is -0.934. The summed E-state index contributed by atoms with van der Waals surface area (Å²) >= 11 is 0. The Bertz CT molecular complexity index is 936. The third-order valence-electron chi connectivity index (χ3n) is 5.03. The van der Waals surface area contributed by atoms with Crippen LogP contribution in [0.1, 0.15) is 23.7 Å². The number of nitrogens with one attached hydrogen (secondary N) is 1. The van der Waals surface area contributed by atoms with Crippen molar-refractivity contribution in [2.75, 3.05) is 14.1 Å². The largest absolute Gasteiger partial charge is 0.433 e. The van der Waals surface area contributed by atoms with Gasteiger partial charge in [-0.25, -0.2) is 0 Å². The first kappa shape index (κ1) is 19.7. The van der Waals surface area contributed by atoms with Gasteiger partial charge < -0.3 is 9.80 Å². The van der Waals surface area contributed by atoms with E-state index in [4.69, 9.17) is 0 Å². The molecule has 28 heavy (non-hydrogen) atoms. The Balaban J connectivity index is 1.98. The Kier molecular flexibility index (Phi) is 4.78. The number of hydrogen-bond donors (Lipinski definition) is 1. The van der Waals surface area contributed by atoms with Gasteiger partial charge >= 0.3 is 6.18 Å². The lowest BCUT2D eigenvalue weighted by molar-refractivity contribution is -0.155. The molecule has 0 radical (unpaired) electrons. The zero-order chi connectivity index (χ0) is 20.7. The summed E-state index contributed by atoms with van der Waals surface area (Å²) in [7, 11) is 2.86. The minimum Gasteiger partial charge on any atom is -0.326 e. The number of halogens is 3. The van der Waals surface area contributed by atoms with Crippen LogP contribution in [0.15, 0.2) is 42.2 Å². The van der Waals surface area contributed by atoms with Gasteiger partial charge in [0.2, 0.25) is 0 Å². The first-order valence-corrected chi connectivity index (χ1v) is 8.48. The van der Waals surface area contributed by atoms with E-state index in [1.807, 2.05) is 35.4 Å². The summed E-state index contributed by atoms with van der Waals surface area (Å²) in [5, 5.41) is 5.30. The lowest BCUT2D eigenvalue weighted by Gasteiger charge is -2.45. The normalized spacial score (nSPS) is 22.3. The highest BCUT2D eigenvalue weighted by Crippen LogP contribution is 2.34. The van der Waals surface area contributed by atoms with Crippen LogP contribution in [-0.2, 0) is 22.2 Å². The maximum absolute atomic E-state index is 13.1. The number of benzene rings is 1. The van der Waals surface area contributed by atoms with Crippen LogP contribution in [0.4, 0.5) is 13.2 Å². The van der Waals surface area contributed by atoms with Crippen LogP contribution in [0, 0.1) is 0 Å². The number of amides is 2. The van der Waals surface area contributed by atoms with Gasteiger partial charge in [-0.1, -0.05) is 30.3 Å². The number of nitrogens with zero attached hydrogens (tertiary/aromatic N) is 3. The first-order chi connectivity index (χ1) is 13.1. The van der Waals surface area contributed by atoms with E-state index in [0.29, 0.717) is 0 Å². The second kappa shape index (κ2) is 6.81. The quantitative estimate of drug-likeness (QED) is 0.817. The molecule has 1 aliphatic rings. The van der Waals surface area contributed by atoms with E-state index in [1.54, 1.807) is 6.92 Å². The molecule has 1 saturated heterocycles. The molecule has 148 valence electrons. The highest BCUT2D eigenvalue weighted by atomic mass is 19.4. The molecule has 0 aliphatic carbocycles. The zero-order valence-corrected chi connectivity index (χ0v) is 15.5. The Labute approximate surface area is 159 Å². The number of carbonyl (C=O) groups excluding carboxylic acids is 2. The Hall–Kier alpha value is -3.10. The van der Waals surface area contributed by atoms with E-state index < -0.39 is 23.3 Å². The number of H-pyrrole nitrogens is 1. The maximum Gasteiger partial charge on any atom is 0.433 e. The number of rotatable bonds is 3. The number of aromatic amines is 1. The van der Waals surface area contributed by atoms with Crippen molar-refractivity contribution in [2.24, 2.45) is 0 Å². The number of aromatic nitrogens is 2. The van der Waals surface area contributed by atoms with Gasteiger partial charge in [0.05, 0.1) is 6.20 Å². The first-order valence-electron chi connectivity index (χ1n) is 8.48. The number of alkyl halides is 3. The monoisotopic (exact) mass is 392 g/mol. The lowest BCUT2D eigenvalue weighted by atomic mass is 9.87. The molecule has 1 aromatic heterocycles. The molecule has 1 aliphatic heterocycles. The molecule has 2 aromatic rings. The number of carbonyl (C=O) groups is 2. The highest BCUT2D eigenvalue weighted by Gasteiger charge is 2.49. The maximum atomic E-state index is 13.1. The minimum atomic E-state index is -4.66. The standard InChI is InChI=1S/C19H19F3N4O2/c1-18(10-12-7-5-4-6-8-12)17(28)25(2)14(16(27)26(18)3)9-13-11-23-24-15(13)19(20,21)22/h4-9,11H,10H2,1-3H3,(H,23,24). The van der Waals surface area contributed by atoms with Crippen LogP contribution < -0.4 is 0 Å². The molecule has 6 nitrogen and oxygen atoms in total. The molecular formula is C19H19F3N4O2. The molecule has 1 unspecified atom stereocenters. The minimum absolute atomic E-state index is 0.148. The Morgan fingerprint density at radius 2 is 1.82 bits per heavy atom. The van der Waals surface area contributed by atoms with Gasteiger partial charge in [-0.05, 0) is 18.6 Å². The molecule has 1 aromatic carbocycles. The Morgan fingerprint density at radius 3 is 2.43 bits per heavy atom. The van der Waals surface area contributed by atoms with Crippen LogP contribution in [0.3, 0.4) is 0 Å². The van der Waals surface area contributed by atoms with E-state index in [-0.39, 0.29) is 23.6 Å². The molecule has 1 fully saturated rings. The number of likely N-dealkylation sites (N-methyl/N-ethyl adjacent to an activating group) is 2. The molecular weight excluding hydrogens is 373 g/mol. The number of piperazine rings is 1. The van der Waals surface area contributed by atoms with Gasteiger partial charge in [-0.3, -0.25) is 14.7 Å². The molecule has 3 rings (SSSR count). The summed E-state index contributed by atoms with van der Waals surface area (Å²) in [6, 6.07) is 9.22. The van der Waals surface area contributed by atoms with Crippen molar-refractivity contribution in [3.8, 4) is 0 Å². The van der Waals surface area contributed by atoms with E-state index in [9.17, 15) is 22.8 Å². The van der Waals surface area contributed by atoms with Crippen LogP contribution in [0.5, 0.6) is 0 Å². The molecule has 0 spiro atoms. The smallest absolute Gasteiger partial charge is 0.326 e. The lowest BCUT2D eigenvalue weighted by Crippen LogP contribution is -2.64. The fourth-order valence-corrected chi connectivity index (χ4v) is 3.28. The van der Waals surface area contributed by atoms with Gasteiger partial charge in [-0.15, -0.1) is 0 Å². The van der Waals surface area contributed by atoms with Gasteiger partial charge in [0.15, 0.2) is 0 Å². The second-order valence-corrected chi connectivity index (χ2v) is 6.89. The summed E-state index contributed by atoms with van der Waals surface area (Å²) in [6.45, 7) is 1.65. The molecule has 1 N–H and O–H groups in total. The summed E-state index contributed by atoms with van der Waals surface area (Å²) in [6.07, 6.45) is -2.37. The Morgan fingerprint density at radius 1 is 1.18 bits per heavy atom. The van der Waals surface area contributed by atoms with Crippen molar-refractivity contribution in [3.63, 3.8) is 0 Å². The topological polar surface area (TPSA) is 69.3 Å². The summed E-state index contributed by atoms with van der Waals surface area (Å²) in [5.41, 5.74) is -1.82. The van der Waals surface area contributed by atoms with Crippen molar-refractivity contribution in [1.29, 1.82) is 0 Å². The molecule has 9 heteroatoms. The SMILES string of the molecule is CN1C(=O)C(C)(Cc2ccccc2)N(C)C(=O)C1=Cc1cn[nH]c1C(F)(F)F. The summed E-state index contributed by atoms with van der Waals surface area (Å²) in [4.78, 5) is 28.4. The van der Waals surface area contributed by atoms with Crippen molar-refractivity contribution < 1.29 is 22.8 Å². The van der Waals surface area contributed by atoms with Crippen LogP contribution >= 0.6 is 0 Å². The number of hydrogen-bond acceptors (Lipinski definition) is 3. The second-order valence-electron chi connectivity index (χ2n) is 6.89. The van der Waals surface area contributed by atoms with E-state index in [1.165, 1.54) is 19.0 Å². The summed E-state index contributed by atoms with van der Waals surface area (Å²) < 4.78 is 39.2. The average Bonchev–Trinajstić information content (AvgIpc) is 3.12.